The Balaban J connectivity index is 0.00000408. The van der Waals surface area contributed by atoms with Crippen molar-refractivity contribution in [3.05, 3.63) is 52.8 Å². The molecule has 0 aliphatic carbocycles. The Morgan fingerprint density at radius 1 is 1.09 bits per heavy atom. The lowest BCUT2D eigenvalue weighted by molar-refractivity contribution is -0.118. The van der Waals surface area contributed by atoms with Crippen LogP contribution in [0, 0.1) is 12.7 Å². The fraction of sp³-hybridized carbons (Fsp3) is 0.391. The van der Waals surface area contributed by atoms with Crippen LogP contribution in [-0.2, 0) is 14.6 Å². The van der Waals surface area contributed by atoms with Crippen LogP contribution in [0.15, 0.2) is 41.3 Å². The second kappa shape index (κ2) is 12.3. The highest BCUT2D eigenvalue weighted by atomic mass is 35.5. The Hall–Kier alpha value is -1.78. The van der Waals surface area contributed by atoms with Crippen LogP contribution in [0.25, 0.3) is 10.2 Å². The van der Waals surface area contributed by atoms with Crippen molar-refractivity contribution in [3.8, 4) is 0 Å². The highest BCUT2D eigenvalue weighted by molar-refractivity contribution is 7.91. The monoisotopic (exact) mass is 547 g/mol. The molecule has 2 aromatic carbocycles. The van der Waals surface area contributed by atoms with Gasteiger partial charge >= 0.3 is 0 Å². The summed E-state index contributed by atoms with van der Waals surface area (Å²) in [5, 5.41) is 1.06. The van der Waals surface area contributed by atoms with E-state index in [1.807, 2.05) is 26.8 Å². The molecule has 11 heteroatoms. The van der Waals surface area contributed by atoms with E-state index >= 15 is 0 Å². The van der Waals surface area contributed by atoms with Gasteiger partial charge in [-0.05, 0) is 55.9 Å². The average molecular weight is 549 g/mol. The molecule has 0 saturated carbocycles. The number of sulfone groups is 1. The Kier molecular flexibility index (Phi) is 10.3. The van der Waals surface area contributed by atoms with Crippen LogP contribution in [0.1, 0.15) is 25.8 Å². The topological polar surface area (TPSA) is 70.6 Å². The molecule has 1 aromatic heterocycles. The number of aromatic nitrogens is 1. The zero-order valence-corrected chi connectivity index (χ0v) is 22.5. The van der Waals surface area contributed by atoms with Gasteiger partial charge in [0, 0.05) is 19.5 Å². The van der Waals surface area contributed by atoms with E-state index in [2.05, 4.69) is 9.88 Å². The number of halogens is 3. The maximum Gasteiger partial charge on any atom is 0.229 e. The number of nitrogens with zero attached hydrogens (tertiary/aromatic N) is 3. The zero-order chi connectivity index (χ0) is 24.2. The smallest absolute Gasteiger partial charge is 0.229 e. The summed E-state index contributed by atoms with van der Waals surface area (Å²) in [6.07, 6.45) is -0.208. The van der Waals surface area contributed by atoms with E-state index in [-0.39, 0.29) is 35.4 Å². The van der Waals surface area contributed by atoms with Gasteiger partial charge < -0.3 is 4.90 Å². The van der Waals surface area contributed by atoms with Crippen molar-refractivity contribution >= 4 is 66.4 Å². The molecule has 0 bridgehead atoms. The van der Waals surface area contributed by atoms with Crippen molar-refractivity contribution in [1.29, 1.82) is 0 Å². The number of likely N-dealkylation sites (N-methyl/N-ethyl adjacent to an activating group) is 1. The molecule has 186 valence electrons. The number of hydrogen-bond acceptors (Lipinski definition) is 6. The van der Waals surface area contributed by atoms with E-state index in [9.17, 15) is 17.6 Å². The van der Waals surface area contributed by atoms with E-state index in [1.165, 1.54) is 23.5 Å². The minimum absolute atomic E-state index is 0. The first-order valence-corrected chi connectivity index (χ1v) is 13.6. The molecular weight excluding hydrogens is 520 g/mol. The van der Waals surface area contributed by atoms with Crippen LogP contribution >= 0.6 is 35.3 Å². The van der Waals surface area contributed by atoms with Crippen molar-refractivity contribution < 1.29 is 17.6 Å². The molecule has 3 aromatic rings. The fourth-order valence-electron chi connectivity index (χ4n) is 3.43. The SMILES string of the molecule is CCN(CC)CCN(C(=O)CCS(=O)(=O)c1ccc(F)cc1)c1nc2c(C)ccc(Cl)c2s1.Cl. The van der Waals surface area contributed by atoms with E-state index in [0.717, 1.165) is 41.0 Å². The maximum absolute atomic E-state index is 13.2. The highest BCUT2D eigenvalue weighted by Crippen LogP contribution is 2.35. The predicted molar refractivity (Wildman–Crippen MR) is 140 cm³/mol. The lowest BCUT2D eigenvalue weighted by Gasteiger charge is -2.24. The summed E-state index contributed by atoms with van der Waals surface area (Å²) in [7, 11) is -3.73. The lowest BCUT2D eigenvalue weighted by Crippen LogP contribution is -2.39. The summed E-state index contributed by atoms with van der Waals surface area (Å²) in [5.41, 5.74) is 1.69. The zero-order valence-electron chi connectivity index (χ0n) is 19.3. The molecule has 6 nitrogen and oxygen atoms in total. The summed E-state index contributed by atoms with van der Waals surface area (Å²) >= 11 is 7.68. The minimum Gasteiger partial charge on any atom is -0.302 e. The number of anilines is 1. The van der Waals surface area contributed by atoms with Crippen molar-refractivity contribution in [1.82, 2.24) is 9.88 Å². The van der Waals surface area contributed by atoms with E-state index < -0.39 is 15.7 Å². The fourth-order valence-corrected chi connectivity index (χ4v) is 6.02. The van der Waals surface area contributed by atoms with Gasteiger partial charge in [0.1, 0.15) is 5.82 Å². The first-order valence-electron chi connectivity index (χ1n) is 10.7. The summed E-state index contributed by atoms with van der Waals surface area (Å²) in [4.78, 5) is 21.6. The molecule has 0 saturated heterocycles. The molecule has 34 heavy (non-hydrogen) atoms. The molecule has 1 heterocycles. The van der Waals surface area contributed by atoms with Crippen LogP contribution < -0.4 is 4.90 Å². The van der Waals surface area contributed by atoms with Crippen molar-refractivity contribution in [3.63, 3.8) is 0 Å². The predicted octanol–water partition coefficient (Wildman–Crippen LogP) is 5.36. The molecule has 0 aliphatic heterocycles. The van der Waals surface area contributed by atoms with Crippen LogP contribution in [0.5, 0.6) is 0 Å². The second-order valence-electron chi connectivity index (χ2n) is 7.63. The number of rotatable bonds is 10. The summed E-state index contributed by atoms with van der Waals surface area (Å²) in [5.74, 6) is -1.22. The third-order valence-electron chi connectivity index (χ3n) is 5.51. The number of benzene rings is 2. The van der Waals surface area contributed by atoms with E-state index in [0.29, 0.717) is 23.2 Å². The number of amides is 1. The third kappa shape index (κ3) is 6.66. The van der Waals surface area contributed by atoms with Gasteiger partial charge in [0.15, 0.2) is 15.0 Å². The van der Waals surface area contributed by atoms with Crippen LogP contribution in [0.3, 0.4) is 0 Å². The van der Waals surface area contributed by atoms with Crippen molar-refractivity contribution in [2.75, 3.05) is 36.8 Å². The first kappa shape index (κ1) is 28.5. The molecule has 0 aliphatic rings. The van der Waals surface area contributed by atoms with Crippen LogP contribution in [-0.4, -0.2) is 56.1 Å². The number of thiazole rings is 1. The lowest BCUT2D eigenvalue weighted by atomic mass is 10.2. The van der Waals surface area contributed by atoms with Crippen molar-refractivity contribution in [2.45, 2.75) is 32.1 Å². The first-order chi connectivity index (χ1) is 15.7. The normalized spacial score (nSPS) is 11.6. The van der Waals surface area contributed by atoms with Crippen molar-refractivity contribution in [2.24, 2.45) is 0 Å². The number of fused-ring (bicyclic) bond motifs is 1. The summed E-state index contributed by atoms with van der Waals surface area (Å²) in [6, 6.07) is 8.30. The highest BCUT2D eigenvalue weighted by Gasteiger charge is 2.24. The summed E-state index contributed by atoms with van der Waals surface area (Å²) in [6.45, 7) is 8.71. The maximum atomic E-state index is 13.2. The number of carbonyl (C=O) groups is 1. The van der Waals surface area contributed by atoms with E-state index in [4.69, 9.17) is 11.6 Å². The number of carbonyl (C=O) groups excluding carboxylic acids is 1. The summed E-state index contributed by atoms with van der Waals surface area (Å²) < 4.78 is 39.3. The van der Waals surface area contributed by atoms with Crippen LogP contribution in [0.4, 0.5) is 9.52 Å². The Morgan fingerprint density at radius 3 is 2.32 bits per heavy atom. The molecular formula is C23H28Cl2FN3O3S2. The van der Waals surface area contributed by atoms with Gasteiger partial charge in [0.25, 0.3) is 0 Å². The quantitative estimate of drug-likeness (QED) is 0.319. The number of hydrogen-bond donors (Lipinski definition) is 0. The van der Waals surface area contributed by atoms with Gasteiger partial charge in [-0.15, -0.1) is 12.4 Å². The standard InChI is InChI=1S/C23H27ClFN3O3S2.ClH/c1-4-27(5-2)13-14-28(23-26-21-16(3)6-11-19(24)22(21)32-23)20(29)12-15-33(30,31)18-9-7-17(25)8-10-18;/h6-11H,4-5,12-15H2,1-3H3;1H. The molecule has 0 fully saturated rings. The molecule has 0 atom stereocenters. The minimum atomic E-state index is -3.73. The Morgan fingerprint density at radius 2 is 1.74 bits per heavy atom. The third-order valence-corrected chi connectivity index (χ3v) is 8.78. The van der Waals surface area contributed by atoms with Gasteiger partial charge in [-0.25, -0.2) is 17.8 Å². The molecule has 1 amide bonds. The molecule has 0 N–H and O–H groups in total. The van der Waals surface area contributed by atoms with Gasteiger partial charge in [-0.2, -0.15) is 0 Å². The van der Waals surface area contributed by atoms with Crippen LogP contribution in [0.2, 0.25) is 5.02 Å². The second-order valence-corrected chi connectivity index (χ2v) is 11.1. The average Bonchev–Trinajstić information content (AvgIpc) is 3.24. The van der Waals surface area contributed by atoms with E-state index in [1.54, 1.807) is 11.0 Å². The number of aryl methyl sites for hydroxylation is 1. The van der Waals surface area contributed by atoms with Gasteiger partial charge in [0.2, 0.25) is 5.91 Å². The van der Waals surface area contributed by atoms with Gasteiger partial charge in [-0.1, -0.05) is 42.9 Å². The molecule has 0 spiro atoms. The Bertz CT molecular complexity index is 1190. The van der Waals surface area contributed by atoms with Gasteiger partial charge in [0.05, 0.1) is 25.9 Å². The molecule has 0 radical (unpaired) electrons. The Labute approximate surface area is 215 Å². The molecule has 0 unspecified atom stereocenters. The largest absolute Gasteiger partial charge is 0.302 e. The molecule has 3 rings (SSSR count). The van der Waals surface area contributed by atoms with Gasteiger partial charge in [-0.3, -0.25) is 9.69 Å².